The molecule has 1 N–H and O–H groups in total. The minimum Gasteiger partial charge on any atom is -0.460 e. The Bertz CT molecular complexity index is 1930. The molecule has 0 spiro atoms. The largest absolute Gasteiger partial charge is 0.460 e. The molecule has 0 aliphatic heterocycles. The Hall–Kier alpha value is -4.88. The highest BCUT2D eigenvalue weighted by molar-refractivity contribution is 7.80. The van der Waals surface area contributed by atoms with Crippen LogP contribution < -0.4 is 37.1 Å². The van der Waals surface area contributed by atoms with Crippen LogP contribution in [0.25, 0.3) is 0 Å². The molecule has 0 heterocycles. The average molecular weight is 694 g/mol. The third-order valence-corrected chi connectivity index (χ3v) is 13.5. The summed E-state index contributed by atoms with van der Waals surface area (Å²) in [6, 6.07) is 56.5. The molecular weight excluding hydrogens is 652 g/mol. The molecule has 0 saturated carbocycles. The van der Waals surface area contributed by atoms with Crippen molar-refractivity contribution in [2.75, 3.05) is 6.61 Å². The van der Waals surface area contributed by atoms with E-state index in [2.05, 4.69) is 80.7 Å². The molecule has 6 heteroatoms. The summed E-state index contributed by atoms with van der Waals surface area (Å²) in [5, 5.41) is 9.81. The van der Waals surface area contributed by atoms with E-state index < -0.39 is 33.3 Å². The molecule has 0 fully saturated rings. The van der Waals surface area contributed by atoms with Gasteiger partial charge in [-0.05, 0) is 65.2 Å². The number of nitrogens with one attached hydrogen (secondary N) is 1. The Labute approximate surface area is 298 Å². The van der Waals surface area contributed by atoms with E-state index >= 15 is 0 Å². The molecule has 0 unspecified atom stereocenters. The number of esters is 1. The Morgan fingerprint density at radius 2 is 0.860 bits per heavy atom. The minimum absolute atomic E-state index is 0.0330. The number of hydrogen-bond donors (Lipinski definition) is 1. The van der Waals surface area contributed by atoms with Gasteiger partial charge in [0.05, 0.1) is 11.6 Å². The number of carbonyl (C=O) groups is 2. The Morgan fingerprint density at radius 1 is 0.520 bits per heavy atom. The molecular formula is C44H41NO3P2. The van der Waals surface area contributed by atoms with Crippen molar-refractivity contribution in [1.82, 2.24) is 5.32 Å². The van der Waals surface area contributed by atoms with Crippen LogP contribution in [0, 0.1) is 5.41 Å². The smallest absolute Gasteiger partial charge is 0.338 e. The number of ether oxygens (including phenoxy) is 1. The van der Waals surface area contributed by atoms with Gasteiger partial charge in [-0.25, -0.2) is 4.79 Å². The van der Waals surface area contributed by atoms with E-state index in [1.807, 2.05) is 115 Å². The van der Waals surface area contributed by atoms with Crippen molar-refractivity contribution < 1.29 is 14.3 Å². The molecule has 6 aromatic rings. The highest BCUT2D eigenvalue weighted by Crippen LogP contribution is 2.35. The summed E-state index contributed by atoms with van der Waals surface area (Å²) in [7, 11) is -2.00. The zero-order valence-electron chi connectivity index (χ0n) is 28.6. The van der Waals surface area contributed by atoms with E-state index in [1.54, 1.807) is 0 Å². The second-order valence-electron chi connectivity index (χ2n) is 13.0. The van der Waals surface area contributed by atoms with E-state index in [-0.39, 0.29) is 12.5 Å². The van der Waals surface area contributed by atoms with Gasteiger partial charge in [-0.2, -0.15) is 0 Å². The average Bonchev–Trinajstić information content (AvgIpc) is 3.15. The van der Waals surface area contributed by atoms with Crippen LogP contribution in [0.1, 0.15) is 41.5 Å². The van der Waals surface area contributed by atoms with E-state index in [1.165, 1.54) is 10.6 Å². The van der Waals surface area contributed by atoms with Crippen molar-refractivity contribution in [3.05, 3.63) is 181 Å². The molecule has 250 valence electrons. The maximum atomic E-state index is 14.2. The second-order valence-corrected chi connectivity index (χ2v) is 17.4. The molecule has 0 aliphatic carbocycles. The van der Waals surface area contributed by atoms with Crippen LogP contribution in [0.4, 0.5) is 0 Å². The lowest BCUT2D eigenvalue weighted by molar-refractivity contribution is 0.0383. The van der Waals surface area contributed by atoms with Gasteiger partial charge in [0.25, 0.3) is 5.91 Å². The molecule has 1 atom stereocenters. The summed E-state index contributed by atoms with van der Waals surface area (Å²) in [5.74, 6) is -0.589. The van der Waals surface area contributed by atoms with Gasteiger partial charge in [0.2, 0.25) is 0 Å². The fourth-order valence-electron chi connectivity index (χ4n) is 5.85. The lowest BCUT2D eigenvalue weighted by Crippen LogP contribution is -2.48. The first-order valence-electron chi connectivity index (χ1n) is 16.8. The fourth-order valence-corrected chi connectivity index (χ4v) is 10.7. The highest BCUT2D eigenvalue weighted by Gasteiger charge is 2.31. The standard InChI is InChI=1S/C44H41NO3P2/c1-44(2,3)41(45-42(46)37-28-16-18-30-39(37)49(33-20-8-4-9-21-33)34-22-10-5-11-23-34)32-48-43(47)38-29-17-19-31-40(38)50(35-24-12-6-13-25-35)36-26-14-7-15-27-36/h4-31,41H,32H2,1-3H3,(H,45,46)/t41-/m1/s1. The number of hydrogen-bond acceptors (Lipinski definition) is 3. The van der Waals surface area contributed by atoms with Gasteiger partial charge in [-0.15, -0.1) is 0 Å². The molecule has 6 rings (SSSR count). The van der Waals surface area contributed by atoms with Crippen LogP contribution in [-0.2, 0) is 4.74 Å². The number of carbonyl (C=O) groups excluding carboxylic acids is 2. The SMILES string of the molecule is CC(C)(C)[C@@H](COC(=O)c1ccccc1P(c1ccccc1)c1ccccc1)NC(=O)c1ccccc1P(c1ccccc1)c1ccccc1. The van der Waals surface area contributed by atoms with Gasteiger partial charge < -0.3 is 10.1 Å². The van der Waals surface area contributed by atoms with E-state index in [9.17, 15) is 9.59 Å². The van der Waals surface area contributed by atoms with Gasteiger partial charge in [0.1, 0.15) is 6.61 Å². The fraction of sp³-hybridized carbons (Fsp3) is 0.136. The first-order chi connectivity index (χ1) is 24.3. The Kier molecular flexibility index (Phi) is 11.3. The van der Waals surface area contributed by atoms with Gasteiger partial charge in [-0.3, -0.25) is 4.79 Å². The normalized spacial score (nSPS) is 12.0. The molecule has 1 amide bonds. The van der Waals surface area contributed by atoms with Gasteiger partial charge in [-0.1, -0.05) is 178 Å². The van der Waals surface area contributed by atoms with Crippen LogP contribution in [0.5, 0.6) is 0 Å². The maximum absolute atomic E-state index is 14.2. The zero-order valence-corrected chi connectivity index (χ0v) is 30.4. The predicted octanol–water partition coefficient (Wildman–Crippen LogP) is 7.20. The molecule has 0 saturated heterocycles. The molecule has 6 aromatic carbocycles. The first-order valence-corrected chi connectivity index (χ1v) is 19.5. The van der Waals surface area contributed by atoms with Crippen molar-refractivity contribution in [3.8, 4) is 0 Å². The van der Waals surface area contributed by atoms with Gasteiger partial charge in [0, 0.05) is 5.56 Å². The molecule has 4 nitrogen and oxygen atoms in total. The third-order valence-electron chi connectivity index (χ3n) is 8.54. The topological polar surface area (TPSA) is 55.4 Å². The Morgan fingerprint density at radius 3 is 1.26 bits per heavy atom. The summed E-state index contributed by atoms with van der Waals surface area (Å²) in [5.41, 5.74) is 0.759. The summed E-state index contributed by atoms with van der Waals surface area (Å²) in [4.78, 5) is 28.2. The van der Waals surface area contributed by atoms with Crippen molar-refractivity contribution in [2.24, 2.45) is 5.41 Å². The van der Waals surface area contributed by atoms with Crippen molar-refractivity contribution in [2.45, 2.75) is 26.8 Å². The van der Waals surface area contributed by atoms with Crippen LogP contribution in [0.3, 0.4) is 0 Å². The Balaban J connectivity index is 1.27. The van der Waals surface area contributed by atoms with Crippen LogP contribution in [-0.4, -0.2) is 24.5 Å². The molecule has 0 radical (unpaired) electrons. The monoisotopic (exact) mass is 693 g/mol. The molecule has 50 heavy (non-hydrogen) atoms. The summed E-state index contributed by atoms with van der Waals surface area (Å²) in [6.45, 7) is 6.19. The molecule has 0 aromatic heterocycles. The van der Waals surface area contributed by atoms with Gasteiger partial charge in [0.15, 0.2) is 0 Å². The predicted molar refractivity (Wildman–Crippen MR) is 211 cm³/mol. The lowest BCUT2D eigenvalue weighted by Gasteiger charge is -2.32. The van der Waals surface area contributed by atoms with Crippen molar-refractivity contribution in [1.29, 1.82) is 0 Å². The lowest BCUT2D eigenvalue weighted by atomic mass is 9.87. The highest BCUT2D eigenvalue weighted by atomic mass is 31.1. The molecule has 0 bridgehead atoms. The van der Waals surface area contributed by atoms with E-state index in [4.69, 9.17) is 4.74 Å². The van der Waals surface area contributed by atoms with Crippen LogP contribution in [0.15, 0.2) is 170 Å². The summed E-state index contributed by atoms with van der Waals surface area (Å²) >= 11 is 0. The quantitative estimate of drug-likeness (QED) is 0.115. The maximum Gasteiger partial charge on any atom is 0.338 e. The van der Waals surface area contributed by atoms with Crippen LogP contribution >= 0.6 is 15.8 Å². The number of rotatable bonds is 11. The number of benzene rings is 6. The summed E-state index contributed by atoms with van der Waals surface area (Å²) in [6.07, 6.45) is 0. The van der Waals surface area contributed by atoms with Crippen LogP contribution in [0.2, 0.25) is 0 Å². The number of amides is 1. The van der Waals surface area contributed by atoms with Crippen molar-refractivity contribution in [3.63, 3.8) is 0 Å². The van der Waals surface area contributed by atoms with Crippen molar-refractivity contribution >= 4 is 59.5 Å². The second kappa shape index (κ2) is 16.2. The third kappa shape index (κ3) is 8.28. The molecule has 0 aliphatic rings. The van der Waals surface area contributed by atoms with E-state index in [0.29, 0.717) is 11.1 Å². The summed E-state index contributed by atoms with van der Waals surface area (Å²) < 4.78 is 6.09. The van der Waals surface area contributed by atoms with Gasteiger partial charge >= 0.3 is 5.97 Å². The minimum atomic E-state index is -1.01. The first kappa shape index (κ1) is 35.0. The van der Waals surface area contributed by atoms with E-state index in [0.717, 1.165) is 21.2 Å². The zero-order chi connectivity index (χ0) is 34.9.